The first-order chi connectivity index (χ1) is 13.5. The summed E-state index contributed by atoms with van der Waals surface area (Å²) in [5.41, 5.74) is 1.87. The molecule has 0 fully saturated rings. The smallest absolute Gasteiger partial charge is 0.191 e. The highest BCUT2D eigenvalue weighted by atomic mass is 35.5. The maximum atomic E-state index is 14.3. The van der Waals surface area contributed by atoms with E-state index in [0.717, 1.165) is 10.4 Å². The van der Waals surface area contributed by atoms with Gasteiger partial charge in [0.1, 0.15) is 17.5 Å². The third-order valence-corrected chi connectivity index (χ3v) is 5.49. The van der Waals surface area contributed by atoms with Gasteiger partial charge in [-0.2, -0.15) is 4.37 Å². The van der Waals surface area contributed by atoms with E-state index in [4.69, 9.17) is 26.2 Å². The molecule has 1 N–H and O–H groups in total. The van der Waals surface area contributed by atoms with E-state index in [1.165, 1.54) is 23.7 Å². The molecule has 2 aromatic carbocycles. The fraction of sp³-hybridized carbons (Fsp3) is 0.250. The van der Waals surface area contributed by atoms with Crippen LogP contribution < -0.4 is 9.47 Å². The van der Waals surface area contributed by atoms with Crippen LogP contribution in [-0.2, 0) is 13.0 Å². The first-order valence-corrected chi connectivity index (χ1v) is 9.68. The van der Waals surface area contributed by atoms with Gasteiger partial charge in [-0.1, -0.05) is 11.6 Å². The Morgan fingerprint density at radius 2 is 1.82 bits per heavy atom. The molecule has 0 spiro atoms. The molecule has 1 aromatic heterocycles. The number of aliphatic hydroxyl groups excluding tert-OH is 1. The van der Waals surface area contributed by atoms with E-state index in [1.54, 1.807) is 19.2 Å². The Morgan fingerprint density at radius 1 is 1.14 bits per heavy atom. The number of methoxy groups -OCH3 is 1. The molecule has 0 radical (unpaired) electrons. The van der Waals surface area contributed by atoms with E-state index in [9.17, 15) is 8.78 Å². The lowest BCUT2D eigenvalue weighted by Gasteiger charge is -2.11. The summed E-state index contributed by atoms with van der Waals surface area (Å²) in [5, 5.41) is 9.08. The highest BCUT2D eigenvalue weighted by Crippen LogP contribution is 2.35. The Balaban J connectivity index is 1.81. The maximum Gasteiger partial charge on any atom is 0.191 e. The van der Waals surface area contributed by atoms with E-state index in [0.29, 0.717) is 29.7 Å². The van der Waals surface area contributed by atoms with Gasteiger partial charge in [0.25, 0.3) is 0 Å². The van der Waals surface area contributed by atoms with E-state index >= 15 is 0 Å². The van der Waals surface area contributed by atoms with E-state index in [-0.39, 0.29) is 18.4 Å². The minimum Gasteiger partial charge on any atom is -0.497 e. The van der Waals surface area contributed by atoms with Crippen LogP contribution in [0.25, 0.3) is 10.4 Å². The zero-order valence-electron chi connectivity index (χ0n) is 15.0. The van der Waals surface area contributed by atoms with Crippen molar-refractivity contribution in [1.29, 1.82) is 0 Å². The Labute approximate surface area is 170 Å². The number of rotatable bonds is 8. The van der Waals surface area contributed by atoms with E-state index in [1.807, 2.05) is 12.1 Å². The molecular formula is C20H18ClF2NO3S. The number of hydrogen-bond donors (Lipinski definition) is 1. The first-order valence-electron chi connectivity index (χ1n) is 8.53. The molecule has 0 unspecified atom stereocenters. The predicted octanol–water partition coefficient (Wildman–Crippen LogP) is 5.25. The zero-order chi connectivity index (χ0) is 20.1. The normalized spacial score (nSPS) is 10.9. The molecule has 0 aliphatic rings. The van der Waals surface area contributed by atoms with E-state index < -0.39 is 17.4 Å². The van der Waals surface area contributed by atoms with E-state index in [2.05, 4.69) is 4.37 Å². The monoisotopic (exact) mass is 425 g/mol. The predicted molar refractivity (Wildman–Crippen MR) is 105 cm³/mol. The molecule has 8 heteroatoms. The number of ether oxygens (including phenoxy) is 2. The second kappa shape index (κ2) is 9.32. The summed E-state index contributed by atoms with van der Waals surface area (Å²) in [6.45, 7) is -0.167. The van der Waals surface area contributed by atoms with Crippen molar-refractivity contribution < 1.29 is 23.4 Å². The number of hydrogen-bond acceptors (Lipinski definition) is 5. The van der Waals surface area contributed by atoms with Crippen LogP contribution in [0.4, 0.5) is 8.78 Å². The molecule has 0 atom stereocenters. The van der Waals surface area contributed by atoms with Crippen LogP contribution in [0.5, 0.6) is 11.5 Å². The zero-order valence-corrected chi connectivity index (χ0v) is 16.6. The van der Waals surface area contributed by atoms with Gasteiger partial charge in [-0.05, 0) is 71.9 Å². The van der Waals surface area contributed by atoms with Crippen molar-refractivity contribution >= 4 is 23.1 Å². The quantitative estimate of drug-likeness (QED) is 0.535. The van der Waals surface area contributed by atoms with Crippen molar-refractivity contribution in [2.24, 2.45) is 0 Å². The second-order valence-electron chi connectivity index (χ2n) is 6.01. The van der Waals surface area contributed by atoms with Crippen molar-refractivity contribution in [3.8, 4) is 21.9 Å². The Hall–Kier alpha value is -2.22. The standard InChI is InChI=1S/C20H18ClF2NO3S/c1-26-14-6-4-13(5-7-14)19-15(20(21)24-28-19)11-27-18-16(22)9-12(3-2-8-25)10-17(18)23/h4-7,9-10,25H,2-3,8,11H2,1H3. The Bertz CT molecular complexity index is 924. The average molecular weight is 426 g/mol. The van der Waals surface area contributed by atoms with Crippen LogP contribution in [0.2, 0.25) is 5.15 Å². The van der Waals surface area contributed by atoms with Crippen LogP contribution in [0, 0.1) is 11.6 Å². The molecule has 28 heavy (non-hydrogen) atoms. The summed E-state index contributed by atoms with van der Waals surface area (Å²) in [6.07, 6.45) is 0.813. The fourth-order valence-corrected chi connectivity index (χ4v) is 3.80. The van der Waals surface area contributed by atoms with Gasteiger partial charge in [-0.25, -0.2) is 8.78 Å². The molecule has 3 rings (SSSR count). The number of aromatic nitrogens is 1. The van der Waals surface area contributed by atoms with Crippen molar-refractivity contribution in [2.45, 2.75) is 19.4 Å². The molecule has 0 saturated heterocycles. The minimum atomic E-state index is -0.793. The number of halogens is 3. The highest BCUT2D eigenvalue weighted by molar-refractivity contribution is 7.10. The number of benzene rings is 2. The molecule has 0 aliphatic heterocycles. The fourth-order valence-electron chi connectivity index (χ4n) is 2.71. The van der Waals surface area contributed by atoms with Crippen LogP contribution in [-0.4, -0.2) is 23.2 Å². The highest BCUT2D eigenvalue weighted by Gasteiger charge is 2.18. The molecule has 0 bridgehead atoms. The third kappa shape index (κ3) is 4.60. The molecule has 0 aliphatic carbocycles. The number of aryl methyl sites for hydroxylation is 1. The molecule has 1 heterocycles. The first kappa shape index (κ1) is 20.5. The van der Waals surface area contributed by atoms with Crippen molar-refractivity contribution in [3.63, 3.8) is 0 Å². The van der Waals surface area contributed by atoms with Gasteiger partial charge in [0.05, 0.1) is 12.0 Å². The van der Waals surface area contributed by atoms with Gasteiger partial charge in [-0.15, -0.1) is 0 Å². The van der Waals surface area contributed by atoms with Crippen molar-refractivity contribution in [2.75, 3.05) is 13.7 Å². The molecule has 0 saturated carbocycles. The topological polar surface area (TPSA) is 51.6 Å². The van der Waals surface area contributed by atoms with Crippen LogP contribution in [0.3, 0.4) is 0 Å². The summed E-state index contributed by atoms with van der Waals surface area (Å²) in [7, 11) is 1.58. The van der Waals surface area contributed by atoms with Gasteiger partial charge in [0, 0.05) is 12.2 Å². The van der Waals surface area contributed by atoms with Crippen molar-refractivity contribution in [1.82, 2.24) is 4.37 Å². The number of aliphatic hydroxyl groups is 1. The summed E-state index contributed by atoms with van der Waals surface area (Å²) in [5.74, 6) is -1.34. The van der Waals surface area contributed by atoms with Gasteiger partial charge >= 0.3 is 0 Å². The van der Waals surface area contributed by atoms with Crippen LogP contribution in [0.15, 0.2) is 36.4 Å². The summed E-state index contributed by atoms with van der Waals surface area (Å²) in [6, 6.07) is 9.74. The lowest BCUT2D eigenvalue weighted by molar-refractivity contribution is 0.273. The minimum absolute atomic E-state index is 0.0424. The summed E-state index contributed by atoms with van der Waals surface area (Å²) >= 11 is 7.35. The third-order valence-electron chi connectivity index (χ3n) is 4.13. The van der Waals surface area contributed by atoms with Crippen LogP contribution in [0.1, 0.15) is 17.5 Å². The van der Waals surface area contributed by atoms with Gasteiger partial charge < -0.3 is 14.6 Å². The second-order valence-corrected chi connectivity index (χ2v) is 7.15. The number of nitrogens with zero attached hydrogens (tertiary/aromatic N) is 1. The van der Waals surface area contributed by atoms with Gasteiger partial charge in [0.2, 0.25) is 0 Å². The molecule has 0 amide bonds. The molecule has 3 aromatic rings. The van der Waals surface area contributed by atoms with Gasteiger partial charge in [-0.3, -0.25) is 0 Å². The SMILES string of the molecule is COc1ccc(-c2snc(Cl)c2COc2c(F)cc(CCCO)cc2F)cc1. The summed E-state index contributed by atoms with van der Waals surface area (Å²) in [4.78, 5) is 0.757. The summed E-state index contributed by atoms with van der Waals surface area (Å²) < 4.78 is 43.3. The lowest BCUT2D eigenvalue weighted by Crippen LogP contribution is -2.02. The van der Waals surface area contributed by atoms with Gasteiger partial charge in [0.15, 0.2) is 17.4 Å². The lowest BCUT2D eigenvalue weighted by atomic mass is 10.1. The average Bonchev–Trinajstić information content (AvgIpc) is 3.06. The maximum absolute atomic E-state index is 14.3. The van der Waals surface area contributed by atoms with Crippen molar-refractivity contribution in [3.05, 3.63) is 64.3 Å². The molecule has 148 valence electrons. The molecule has 4 nitrogen and oxygen atoms in total. The largest absolute Gasteiger partial charge is 0.497 e. The Morgan fingerprint density at radius 3 is 2.43 bits per heavy atom. The molecular weight excluding hydrogens is 408 g/mol. The Kier molecular flexibility index (Phi) is 6.83. The van der Waals surface area contributed by atoms with Crippen LogP contribution >= 0.6 is 23.1 Å².